The summed E-state index contributed by atoms with van der Waals surface area (Å²) in [6, 6.07) is -0.695. The Kier molecular flexibility index (Phi) is 18.1. The normalized spacial score (nSPS) is 18.1. The van der Waals surface area contributed by atoms with E-state index >= 15 is 0 Å². The number of carbonyl (C=O) groups excluding carboxylic acids is 3. The number of aliphatic hydroxyl groups excluding tert-OH is 2. The highest BCUT2D eigenvalue weighted by Gasteiger charge is 2.29. The summed E-state index contributed by atoms with van der Waals surface area (Å²) >= 11 is 1.65. The average molecular weight is 621 g/mol. The summed E-state index contributed by atoms with van der Waals surface area (Å²) < 4.78 is 4.68. The number of thioether (sulfide) groups is 1. The molecule has 2 rings (SSSR count). The van der Waals surface area contributed by atoms with Gasteiger partial charge in [0.15, 0.2) is 12.2 Å². The number of likely N-dealkylation sites (N-methyl/N-ethyl adjacent to an activating group) is 1. The van der Waals surface area contributed by atoms with Gasteiger partial charge >= 0.3 is 23.9 Å². The molecule has 42 heavy (non-hydrogen) atoms. The van der Waals surface area contributed by atoms with Gasteiger partial charge in [-0.1, -0.05) is 32.1 Å². The van der Waals surface area contributed by atoms with E-state index < -0.39 is 30.2 Å². The standard InChI is InChI=1S/C23H42N4O4S.C4H6O6/c1-19(22(29)26-14-12-25(2)13-15-26)24-23(30)27(11-9-20-7-5-4-6-8-20)16-18-32-17-10-21(28)31-3;5-1(3(7)8)2(6)4(9)10/h19-20H,4-18H2,1-3H3,(H,24,30);1-2,5-6H,(H,7,8)(H,9,10)/t19-;/m0./s1. The summed E-state index contributed by atoms with van der Waals surface area (Å²) in [6.45, 7) is 6.24. The third kappa shape index (κ3) is 14.5. The minimum Gasteiger partial charge on any atom is -0.479 e. The number of rotatable bonds is 14. The summed E-state index contributed by atoms with van der Waals surface area (Å²) in [5, 5.41) is 35.5. The van der Waals surface area contributed by atoms with E-state index in [1.165, 1.54) is 39.2 Å². The molecule has 1 saturated heterocycles. The van der Waals surface area contributed by atoms with Gasteiger partial charge in [0.05, 0.1) is 13.5 Å². The Bertz CT molecular complexity index is 848. The van der Waals surface area contributed by atoms with Crippen molar-refractivity contribution in [3.8, 4) is 0 Å². The number of nitrogens with zero attached hydrogens (tertiary/aromatic N) is 3. The van der Waals surface area contributed by atoms with Gasteiger partial charge in [-0.25, -0.2) is 14.4 Å². The van der Waals surface area contributed by atoms with Crippen molar-refractivity contribution in [3.05, 3.63) is 0 Å². The molecular formula is C27H48N4O10S. The van der Waals surface area contributed by atoms with Crippen LogP contribution in [0.2, 0.25) is 0 Å². The van der Waals surface area contributed by atoms with Gasteiger partial charge in [-0.3, -0.25) is 9.59 Å². The molecule has 0 spiro atoms. The lowest BCUT2D eigenvalue weighted by molar-refractivity contribution is -0.165. The van der Waals surface area contributed by atoms with Gasteiger partial charge in [0.1, 0.15) is 6.04 Å². The molecule has 0 aromatic rings. The second kappa shape index (κ2) is 20.3. The Morgan fingerprint density at radius 2 is 1.50 bits per heavy atom. The number of hydrogen-bond acceptors (Lipinski definition) is 10. The van der Waals surface area contributed by atoms with Gasteiger partial charge < -0.3 is 45.2 Å². The van der Waals surface area contributed by atoms with Gasteiger partial charge in [0.25, 0.3) is 0 Å². The maximum atomic E-state index is 13.0. The average Bonchev–Trinajstić information content (AvgIpc) is 2.98. The molecule has 1 heterocycles. The fourth-order valence-corrected chi connectivity index (χ4v) is 5.44. The zero-order valence-corrected chi connectivity index (χ0v) is 25.7. The number of carbonyl (C=O) groups is 5. The lowest BCUT2D eigenvalue weighted by atomic mass is 9.87. The molecule has 2 fully saturated rings. The second-order valence-electron chi connectivity index (χ2n) is 10.6. The van der Waals surface area contributed by atoms with E-state index in [0.29, 0.717) is 44.3 Å². The smallest absolute Gasteiger partial charge is 0.335 e. The number of aliphatic hydroxyl groups is 2. The number of piperazine rings is 1. The lowest BCUT2D eigenvalue weighted by Crippen LogP contribution is -2.55. The molecule has 1 aliphatic carbocycles. The number of methoxy groups -OCH3 is 1. The van der Waals surface area contributed by atoms with Crippen LogP contribution in [-0.2, 0) is 23.9 Å². The summed E-state index contributed by atoms with van der Waals surface area (Å²) in [4.78, 5) is 62.6. The minimum absolute atomic E-state index is 0.00821. The van der Waals surface area contributed by atoms with Crippen molar-refractivity contribution in [1.82, 2.24) is 20.0 Å². The number of aliphatic carboxylic acids is 2. The maximum absolute atomic E-state index is 13.0. The van der Waals surface area contributed by atoms with Crippen LogP contribution >= 0.6 is 11.8 Å². The number of hydrogen-bond donors (Lipinski definition) is 5. The van der Waals surface area contributed by atoms with Crippen LogP contribution in [0.1, 0.15) is 51.9 Å². The molecular weight excluding hydrogens is 572 g/mol. The van der Waals surface area contributed by atoms with Crippen LogP contribution in [0.4, 0.5) is 4.79 Å². The van der Waals surface area contributed by atoms with Crippen molar-refractivity contribution in [1.29, 1.82) is 0 Å². The van der Waals surface area contributed by atoms with Crippen LogP contribution in [0.15, 0.2) is 0 Å². The van der Waals surface area contributed by atoms with Crippen LogP contribution < -0.4 is 5.32 Å². The molecule has 3 atom stereocenters. The van der Waals surface area contributed by atoms with Crippen LogP contribution in [0.5, 0.6) is 0 Å². The van der Waals surface area contributed by atoms with Crippen LogP contribution in [0.3, 0.4) is 0 Å². The van der Waals surface area contributed by atoms with Crippen molar-refractivity contribution < 1.29 is 49.1 Å². The SMILES string of the molecule is COC(=O)CCSCCN(CCC1CCCCC1)C(=O)N[C@@H](C)C(=O)N1CCN(C)CC1.O=C(O)C(O)C(O)C(=O)O. The van der Waals surface area contributed by atoms with Gasteiger partial charge in [0.2, 0.25) is 5.91 Å². The molecule has 14 nitrogen and oxygen atoms in total. The number of urea groups is 1. The van der Waals surface area contributed by atoms with Gasteiger partial charge in [-0.15, -0.1) is 0 Å². The molecule has 0 aromatic heterocycles. The molecule has 3 amide bonds. The van der Waals surface area contributed by atoms with E-state index in [1.54, 1.807) is 18.7 Å². The number of esters is 1. The monoisotopic (exact) mass is 620 g/mol. The Hall–Kier alpha value is -2.62. The molecule has 0 bridgehead atoms. The first-order valence-electron chi connectivity index (χ1n) is 14.4. The van der Waals surface area contributed by atoms with Crippen LogP contribution in [0, 0.1) is 5.92 Å². The Balaban J connectivity index is 0.000000752. The first-order valence-corrected chi connectivity index (χ1v) is 15.5. The number of amides is 3. The summed E-state index contributed by atoms with van der Waals surface area (Å²) in [6.07, 6.45) is 3.27. The van der Waals surface area contributed by atoms with E-state index in [0.717, 1.165) is 25.3 Å². The fourth-order valence-electron chi connectivity index (χ4n) is 4.57. The summed E-state index contributed by atoms with van der Waals surface area (Å²) in [5.41, 5.74) is 0. The minimum atomic E-state index is -2.27. The van der Waals surface area contributed by atoms with Crippen molar-refractivity contribution >= 4 is 41.6 Å². The van der Waals surface area contributed by atoms with E-state index in [2.05, 4.69) is 22.0 Å². The van der Waals surface area contributed by atoms with Gasteiger partial charge in [-0.05, 0) is 26.3 Å². The molecule has 5 N–H and O–H groups in total. The van der Waals surface area contributed by atoms with Crippen molar-refractivity contribution in [2.45, 2.75) is 70.1 Å². The molecule has 1 aliphatic heterocycles. The first-order chi connectivity index (χ1) is 19.9. The van der Waals surface area contributed by atoms with E-state index in [-0.39, 0.29) is 17.9 Å². The topological polar surface area (TPSA) is 197 Å². The van der Waals surface area contributed by atoms with E-state index in [4.69, 9.17) is 20.4 Å². The number of carboxylic acid groups (broad SMARTS) is 2. The first kappa shape index (κ1) is 37.4. The highest BCUT2D eigenvalue weighted by molar-refractivity contribution is 7.99. The van der Waals surface area contributed by atoms with Crippen LogP contribution in [-0.4, -0.2) is 148 Å². The molecule has 2 unspecified atom stereocenters. The second-order valence-corrected chi connectivity index (χ2v) is 11.8. The van der Waals surface area contributed by atoms with Gasteiger partial charge in [0, 0.05) is 50.8 Å². The molecule has 0 aromatic carbocycles. The number of carboxylic acids is 2. The Labute approximate surface area is 251 Å². The maximum Gasteiger partial charge on any atom is 0.335 e. The summed E-state index contributed by atoms with van der Waals surface area (Å²) in [5.74, 6) is -1.62. The molecule has 242 valence electrons. The van der Waals surface area contributed by atoms with Crippen LogP contribution in [0.25, 0.3) is 0 Å². The van der Waals surface area contributed by atoms with E-state index in [9.17, 15) is 24.0 Å². The van der Waals surface area contributed by atoms with Crippen molar-refractivity contribution in [3.63, 3.8) is 0 Å². The predicted molar refractivity (Wildman–Crippen MR) is 156 cm³/mol. The zero-order chi connectivity index (χ0) is 31.7. The quantitative estimate of drug-likeness (QED) is 0.132. The zero-order valence-electron chi connectivity index (χ0n) is 24.9. The largest absolute Gasteiger partial charge is 0.479 e. The lowest BCUT2D eigenvalue weighted by Gasteiger charge is -2.34. The van der Waals surface area contributed by atoms with Gasteiger partial charge in [-0.2, -0.15) is 11.8 Å². The highest BCUT2D eigenvalue weighted by Crippen LogP contribution is 2.26. The molecule has 2 aliphatic rings. The Morgan fingerprint density at radius 1 is 0.929 bits per heavy atom. The summed E-state index contributed by atoms with van der Waals surface area (Å²) in [7, 11) is 3.45. The molecule has 15 heteroatoms. The predicted octanol–water partition coefficient (Wildman–Crippen LogP) is 0.305. The van der Waals surface area contributed by atoms with Crippen molar-refractivity contribution in [2.75, 3.05) is 64.9 Å². The number of nitrogens with one attached hydrogen (secondary N) is 1. The van der Waals surface area contributed by atoms with Crippen molar-refractivity contribution in [2.24, 2.45) is 5.92 Å². The number of ether oxygens (including phenoxy) is 1. The molecule has 0 radical (unpaired) electrons. The third-order valence-corrected chi connectivity index (χ3v) is 8.30. The highest BCUT2D eigenvalue weighted by atomic mass is 32.2. The van der Waals surface area contributed by atoms with E-state index in [1.807, 2.05) is 9.80 Å². The Morgan fingerprint density at radius 3 is 2.02 bits per heavy atom. The fraction of sp³-hybridized carbons (Fsp3) is 0.815. The molecule has 1 saturated carbocycles. The third-order valence-electron chi connectivity index (χ3n) is 7.33.